The molecule has 5 rings (SSSR count). The van der Waals surface area contributed by atoms with Crippen LogP contribution < -0.4 is 14.8 Å². The van der Waals surface area contributed by atoms with E-state index >= 15 is 0 Å². The van der Waals surface area contributed by atoms with Crippen LogP contribution in [0.25, 0.3) is 11.2 Å². The van der Waals surface area contributed by atoms with E-state index in [9.17, 15) is 15.3 Å². The fraction of sp³-hybridized carbons (Fsp3) is 0.450. The number of imidazole rings is 1. The Balaban J connectivity index is 1.26. The van der Waals surface area contributed by atoms with Crippen LogP contribution in [0.15, 0.2) is 30.9 Å². The van der Waals surface area contributed by atoms with Crippen molar-refractivity contribution in [3.63, 3.8) is 0 Å². The molecule has 2 aromatic heterocycles. The summed E-state index contributed by atoms with van der Waals surface area (Å²) in [6.07, 6.45) is 1.22. The number of aliphatic hydroxyl groups is 3. The number of nitrogens with one attached hydrogen (secondary N) is 1. The number of hydrogen-bond acceptors (Lipinski definition) is 10. The van der Waals surface area contributed by atoms with E-state index in [1.807, 2.05) is 18.2 Å². The van der Waals surface area contributed by atoms with E-state index in [1.165, 1.54) is 6.33 Å². The van der Waals surface area contributed by atoms with Gasteiger partial charge in [0.2, 0.25) is 6.79 Å². The summed E-state index contributed by atoms with van der Waals surface area (Å²) in [7, 11) is 0. The predicted octanol–water partition coefficient (Wildman–Crippen LogP) is 0.211. The van der Waals surface area contributed by atoms with Crippen LogP contribution in [0.3, 0.4) is 0 Å². The van der Waals surface area contributed by atoms with Crippen LogP contribution in [0.1, 0.15) is 18.2 Å². The number of ether oxygens (including phenoxy) is 3. The van der Waals surface area contributed by atoms with Crippen molar-refractivity contribution in [1.29, 1.82) is 0 Å². The number of aliphatic hydroxyl groups excluding tert-OH is 3. The number of aromatic nitrogens is 4. The van der Waals surface area contributed by atoms with Crippen LogP contribution in [-0.4, -0.2) is 73.1 Å². The molecule has 1 saturated heterocycles. The number of hydrogen-bond donors (Lipinski definition) is 4. The average molecular weight is 429 g/mol. The number of nitrogens with zero attached hydrogens (tertiary/aromatic N) is 4. The van der Waals surface area contributed by atoms with Gasteiger partial charge in [-0.1, -0.05) is 6.07 Å². The molecule has 0 bridgehead atoms. The Hall–Kier alpha value is -2.99. The summed E-state index contributed by atoms with van der Waals surface area (Å²) in [5.74, 6) is 1.88. The fourth-order valence-corrected chi connectivity index (χ4v) is 3.87. The smallest absolute Gasteiger partial charge is 0.231 e. The highest BCUT2D eigenvalue weighted by molar-refractivity contribution is 5.82. The Bertz CT molecular complexity index is 1080. The first kappa shape index (κ1) is 19.9. The quantitative estimate of drug-likeness (QED) is 0.411. The van der Waals surface area contributed by atoms with Gasteiger partial charge in [0.1, 0.15) is 18.7 Å². The number of anilines is 1. The van der Waals surface area contributed by atoms with Gasteiger partial charge >= 0.3 is 0 Å². The summed E-state index contributed by atoms with van der Waals surface area (Å²) in [4.78, 5) is 12.9. The zero-order chi connectivity index (χ0) is 21.4. The fourth-order valence-electron chi connectivity index (χ4n) is 3.87. The average Bonchev–Trinajstić information content (AvgIpc) is 3.49. The SMILES string of the molecule is OC[C@H]1O[C@@H](n2cnc3c(NCC(O)Cc4ccc5c(c4)OCO5)ncnc32)C[C@@H]1O. The summed E-state index contributed by atoms with van der Waals surface area (Å²) >= 11 is 0. The van der Waals surface area contributed by atoms with E-state index < -0.39 is 24.5 Å². The Morgan fingerprint density at radius 2 is 2.06 bits per heavy atom. The molecule has 11 nitrogen and oxygen atoms in total. The second-order valence-electron chi connectivity index (χ2n) is 7.59. The first-order chi connectivity index (χ1) is 15.1. The van der Waals surface area contributed by atoms with Gasteiger partial charge in [0.15, 0.2) is 28.5 Å². The van der Waals surface area contributed by atoms with Gasteiger partial charge in [0.05, 0.1) is 25.1 Å². The monoisotopic (exact) mass is 429 g/mol. The van der Waals surface area contributed by atoms with E-state index in [0.717, 1.165) is 5.56 Å². The third kappa shape index (κ3) is 3.88. The van der Waals surface area contributed by atoms with Crippen molar-refractivity contribution in [2.24, 2.45) is 0 Å². The summed E-state index contributed by atoms with van der Waals surface area (Å²) in [5.41, 5.74) is 2.01. The van der Waals surface area contributed by atoms with Crippen molar-refractivity contribution < 1.29 is 29.5 Å². The molecule has 0 aliphatic carbocycles. The lowest BCUT2D eigenvalue weighted by Crippen LogP contribution is -2.24. The molecule has 1 unspecified atom stereocenters. The van der Waals surface area contributed by atoms with Crippen LogP contribution in [0.2, 0.25) is 0 Å². The van der Waals surface area contributed by atoms with E-state index in [0.29, 0.717) is 41.3 Å². The van der Waals surface area contributed by atoms with E-state index in [-0.39, 0.29) is 19.9 Å². The molecular formula is C20H23N5O6. The third-order valence-corrected chi connectivity index (χ3v) is 5.47. The van der Waals surface area contributed by atoms with Gasteiger partial charge in [-0.3, -0.25) is 4.57 Å². The molecule has 11 heteroatoms. The second kappa shape index (κ2) is 8.27. The van der Waals surface area contributed by atoms with Crippen LogP contribution >= 0.6 is 0 Å². The van der Waals surface area contributed by atoms with E-state index in [2.05, 4.69) is 20.3 Å². The van der Waals surface area contributed by atoms with Gasteiger partial charge < -0.3 is 34.8 Å². The highest BCUT2D eigenvalue weighted by Crippen LogP contribution is 2.33. The van der Waals surface area contributed by atoms with Crippen molar-refractivity contribution in [2.75, 3.05) is 25.3 Å². The lowest BCUT2D eigenvalue weighted by Gasteiger charge is -2.14. The molecule has 2 aliphatic rings. The van der Waals surface area contributed by atoms with Gasteiger partial charge in [-0.05, 0) is 17.7 Å². The van der Waals surface area contributed by atoms with Crippen LogP contribution in [0, 0.1) is 0 Å². The molecule has 2 aliphatic heterocycles. The highest BCUT2D eigenvalue weighted by Gasteiger charge is 2.35. The van der Waals surface area contributed by atoms with E-state index in [1.54, 1.807) is 10.9 Å². The molecule has 4 atom stereocenters. The first-order valence-corrected chi connectivity index (χ1v) is 10.0. The molecular weight excluding hydrogens is 406 g/mol. The van der Waals surface area contributed by atoms with Gasteiger partial charge in [0.25, 0.3) is 0 Å². The lowest BCUT2D eigenvalue weighted by molar-refractivity contribution is -0.0432. The maximum atomic E-state index is 10.5. The Kier molecular flexibility index (Phi) is 5.32. The minimum atomic E-state index is -0.752. The number of benzene rings is 1. The first-order valence-electron chi connectivity index (χ1n) is 10.0. The van der Waals surface area contributed by atoms with Crippen LogP contribution in [0.4, 0.5) is 5.82 Å². The normalized spacial score (nSPS) is 23.4. The van der Waals surface area contributed by atoms with Gasteiger partial charge in [0, 0.05) is 19.4 Å². The van der Waals surface area contributed by atoms with Crippen LogP contribution in [0.5, 0.6) is 11.5 Å². The Labute approximate surface area is 177 Å². The summed E-state index contributed by atoms with van der Waals surface area (Å²) < 4.78 is 18.1. The van der Waals surface area contributed by atoms with Crippen molar-refractivity contribution in [3.05, 3.63) is 36.4 Å². The predicted molar refractivity (Wildman–Crippen MR) is 108 cm³/mol. The standard InChI is InChI=1S/C20H23N5O6/c26-7-16-13(28)5-17(31-16)25-9-24-18-19(22-8-23-20(18)25)21-6-12(27)3-11-1-2-14-15(4-11)30-10-29-14/h1-2,4,8-9,12-13,16-17,26-28H,3,5-7,10H2,(H,21,22,23)/t12?,13-,16+,17+/m0/s1. The number of fused-ring (bicyclic) bond motifs is 2. The minimum absolute atomic E-state index is 0.213. The number of rotatable bonds is 7. The molecule has 4 N–H and O–H groups in total. The second-order valence-corrected chi connectivity index (χ2v) is 7.59. The topological polar surface area (TPSA) is 144 Å². The van der Waals surface area contributed by atoms with Gasteiger partial charge in [-0.2, -0.15) is 0 Å². The van der Waals surface area contributed by atoms with Crippen LogP contribution in [-0.2, 0) is 11.2 Å². The highest BCUT2D eigenvalue weighted by atomic mass is 16.7. The van der Waals surface area contributed by atoms with E-state index in [4.69, 9.17) is 14.2 Å². The summed E-state index contributed by atoms with van der Waals surface area (Å²) in [6, 6.07) is 5.60. The Morgan fingerprint density at radius 1 is 1.19 bits per heavy atom. The molecule has 3 aromatic rings. The molecule has 0 amide bonds. The molecule has 4 heterocycles. The maximum Gasteiger partial charge on any atom is 0.231 e. The molecule has 31 heavy (non-hydrogen) atoms. The molecule has 1 fully saturated rings. The summed E-state index contributed by atoms with van der Waals surface area (Å²) in [6.45, 7) is 0.219. The molecule has 164 valence electrons. The molecule has 0 saturated carbocycles. The largest absolute Gasteiger partial charge is 0.454 e. The summed E-state index contributed by atoms with van der Waals surface area (Å²) in [5, 5.41) is 32.9. The van der Waals surface area contributed by atoms with Gasteiger partial charge in [-0.25, -0.2) is 15.0 Å². The molecule has 1 aromatic carbocycles. The van der Waals surface area contributed by atoms with Gasteiger partial charge in [-0.15, -0.1) is 0 Å². The van der Waals surface area contributed by atoms with Crippen molar-refractivity contribution in [2.45, 2.75) is 37.4 Å². The lowest BCUT2D eigenvalue weighted by atomic mass is 10.1. The Morgan fingerprint density at radius 3 is 2.90 bits per heavy atom. The maximum absolute atomic E-state index is 10.5. The third-order valence-electron chi connectivity index (χ3n) is 5.47. The van der Waals surface area contributed by atoms with Crippen molar-refractivity contribution in [3.8, 4) is 11.5 Å². The van der Waals surface area contributed by atoms with Crippen molar-refractivity contribution in [1.82, 2.24) is 19.5 Å². The zero-order valence-electron chi connectivity index (χ0n) is 16.6. The van der Waals surface area contributed by atoms with Crippen molar-refractivity contribution >= 4 is 17.0 Å². The zero-order valence-corrected chi connectivity index (χ0v) is 16.6. The molecule has 0 spiro atoms. The molecule has 0 radical (unpaired) electrons. The minimum Gasteiger partial charge on any atom is -0.454 e.